The third-order valence-electron chi connectivity index (χ3n) is 5.83. The Morgan fingerprint density at radius 3 is 2.15 bits per heavy atom. The van der Waals surface area contributed by atoms with E-state index in [9.17, 15) is 15.0 Å². The van der Waals surface area contributed by atoms with Crippen LogP contribution in [0.15, 0.2) is 17.9 Å². The molecule has 4 nitrogen and oxygen atoms in total. The molecule has 0 bridgehead atoms. The Morgan fingerprint density at radius 1 is 1.00 bits per heavy atom. The monoisotopic (exact) mass is 358 g/mol. The van der Waals surface area contributed by atoms with E-state index in [2.05, 4.69) is 0 Å². The molecule has 26 heavy (non-hydrogen) atoms. The number of aryl methyl sites for hydroxylation is 2. The van der Waals surface area contributed by atoms with Gasteiger partial charge in [-0.2, -0.15) is 0 Å². The fraction of sp³-hybridized carbons (Fsp3) is 0.591. The molecular weight excluding hydrogens is 328 g/mol. The minimum absolute atomic E-state index is 0.0425. The van der Waals surface area contributed by atoms with Gasteiger partial charge in [0, 0.05) is 26.1 Å². The molecule has 1 aromatic carbocycles. The van der Waals surface area contributed by atoms with Gasteiger partial charge in [-0.3, -0.25) is 4.79 Å². The van der Waals surface area contributed by atoms with Crippen molar-refractivity contribution in [3.63, 3.8) is 0 Å². The largest absolute Gasteiger partial charge is 0.512 e. The number of ketones is 1. The first-order chi connectivity index (χ1) is 12.5. The van der Waals surface area contributed by atoms with E-state index in [1.807, 2.05) is 13.8 Å². The number of allylic oxidation sites excluding steroid dienone is 2. The van der Waals surface area contributed by atoms with Crippen LogP contribution < -0.4 is 0 Å². The molecular formula is C22H30O4. The van der Waals surface area contributed by atoms with Gasteiger partial charge in [-0.05, 0) is 72.8 Å². The first-order valence-electron chi connectivity index (χ1n) is 9.91. The lowest BCUT2D eigenvalue weighted by Gasteiger charge is -2.30. The number of hydrogen-bond donors (Lipinski definition) is 2. The van der Waals surface area contributed by atoms with Crippen LogP contribution in [0, 0.1) is 11.8 Å². The van der Waals surface area contributed by atoms with Crippen molar-refractivity contribution in [1.82, 2.24) is 0 Å². The second-order valence-electron chi connectivity index (χ2n) is 7.66. The van der Waals surface area contributed by atoms with E-state index in [0.29, 0.717) is 37.2 Å². The smallest absolute Gasteiger partial charge is 0.167 e. The van der Waals surface area contributed by atoms with E-state index in [1.165, 1.54) is 0 Å². The van der Waals surface area contributed by atoms with E-state index in [0.717, 1.165) is 49.2 Å². The molecule has 0 aromatic heterocycles. The van der Waals surface area contributed by atoms with Crippen LogP contribution in [0.4, 0.5) is 0 Å². The summed E-state index contributed by atoms with van der Waals surface area (Å²) in [5, 5.41) is 20.7. The summed E-state index contributed by atoms with van der Waals surface area (Å²) < 4.78 is 5.42. The number of aromatic hydroxyl groups is 1. The Kier molecular flexibility index (Phi) is 6.02. The standard InChI is InChI=1S/C22H30O4/c1-3-16-12-18(23)13-17(4-2)21(16)22-19(24)10-15(11-20(22)25)9-14-5-7-26-8-6-14/h12-15,23-24H,3-11H2,1-2H3. The number of ether oxygens (including phenoxy) is 1. The molecule has 4 heteroatoms. The molecule has 0 amide bonds. The normalized spacial score (nSPS) is 22.1. The molecule has 1 aliphatic heterocycles. The minimum atomic E-state index is 0.0425. The van der Waals surface area contributed by atoms with Gasteiger partial charge in [0.2, 0.25) is 0 Å². The summed E-state index contributed by atoms with van der Waals surface area (Å²) in [5.74, 6) is 1.32. The third-order valence-corrected chi connectivity index (χ3v) is 5.83. The topological polar surface area (TPSA) is 66.8 Å². The highest BCUT2D eigenvalue weighted by molar-refractivity contribution is 6.22. The van der Waals surface area contributed by atoms with Crippen LogP contribution in [0.1, 0.15) is 62.6 Å². The Morgan fingerprint density at radius 2 is 1.62 bits per heavy atom. The van der Waals surface area contributed by atoms with E-state index in [-0.39, 0.29) is 23.2 Å². The molecule has 1 aliphatic carbocycles. The van der Waals surface area contributed by atoms with Gasteiger partial charge in [0.05, 0.1) is 5.57 Å². The summed E-state index contributed by atoms with van der Waals surface area (Å²) in [5.41, 5.74) is 3.20. The van der Waals surface area contributed by atoms with Gasteiger partial charge in [-0.15, -0.1) is 0 Å². The van der Waals surface area contributed by atoms with Gasteiger partial charge in [-0.25, -0.2) is 0 Å². The van der Waals surface area contributed by atoms with E-state index in [4.69, 9.17) is 4.74 Å². The van der Waals surface area contributed by atoms with Crippen molar-refractivity contribution in [1.29, 1.82) is 0 Å². The predicted octanol–water partition coefficient (Wildman–Crippen LogP) is 4.58. The molecule has 1 unspecified atom stereocenters. The van der Waals surface area contributed by atoms with Gasteiger partial charge in [0.1, 0.15) is 11.5 Å². The average molecular weight is 358 g/mol. The predicted molar refractivity (Wildman–Crippen MR) is 102 cm³/mol. The number of hydrogen-bond acceptors (Lipinski definition) is 4. The van der Waals surface area contributed by atoms with Gasteiger partial charge < -0.3 is 14.9 Å². The maximum absolute atomic E-state index is 13.0. The lowest BCUT2D eigenvalue weighted by molar-refractivity contribution is -0.115. The number of Topliss-reactive ketones (excluding diaryl/α,β-unsaturated/α-hetero) is 1. The number of aliphatic hydroxyl groups is 1. The SMILES string of the molecule is CCc1cc(O)cc(CC)c1C1=C(O)CC(CC2CCOCC2)CC1=O. The molecule has 0 saturated carbocycles. The molecule has 2 aliphatic rings. The van der Waals surface area contributed by atoms with Crippen LogP contribution in [0.5, 0.6) is 5.75 Å². The van der Waals surface area contributed by atoms with Gasteiger partial charge >= 0.3 is 0 Å². The highest BCUT2D eigenvalue weighted by atomic mass is 16.5. The summed E-state index contributed by atoms with van der Waals surface area (Å²) in [4.78, 5) is 13.0. The fourth-order valence-corrected chi connectivity index (χ4v) is 4.50. The summed E-state index contributed by atoms with van der Waals surface area (Å²) in [6, 6.07) is 3.44. The summed E-state index contributed by atoms with van der Waals surface area (Å²) in [6.45, 7) is 5.64. The number of benzene rings is 1. The lowest BCUT2D eigenvalue weighted by atomic mass is 9.76. The van der Waals surface area contributed by atoms with Gasteiger partial charge in [0.25, 0.3) is 0 Å². The second-order valence-corrected chi connectivity index (χ2v) is 7.66. The molecule has 3 rings (SSSR count). The van der Waals surface area contributed by atoms with Crippen LogP contribution in [0.2, 0.25) is 0 Å². The molecule has 2 N–H and O–H groups in total. The Bertz CT molecular complexity index is 673. The number of aliphatic hydroxyl groups excluding tert-OH is 1. The highest BCUT2D eigenvalue weighted by Crippen LogP contribution is 2.39. The van der Waals surface area contributed by atoms with Crippen molar-refractivity contribution in [3.8, 4) is 5.75 Å². The molecule has 142 valence electrons. The molecule has 0 spiro atoms. The Hall–Kier alpha value is -1.81. The zero-order valence-corrected chi connectivity index (χ0v) is 15.9. The highest BCUT2D eigenvalue weighted by Gasteiger charge is 2.32. The molecule has 1 aromatic rings. The summed E-state index contributed by atoms with van der Waals surface area (Å²) in [6.07, 6.45) is 5.61. The van der Waals surface area contributed by atoms with Crippen molar-refractivity contribution in [2.24, 2.45) is 11.8 Å². The van der Waals surface area contributed by atoms with Crippen molar-refractivity contribution in [2.75, 3.05) is 13.2 Å². The van der Waals surface area contributed by atoms with Crippen molar-refractivity contribution >= 4 is 11.4 Å². The Labute approximate surface area is 155 Å². The minimum Gasteiger partial charge on any atom is -0.512 e. The number of phenolic OH excluding ortho intramolecular Hbond substituents is 1. The van der Waals surface area contributed by atoms with Gasteiger partial charge in [0.15, 0.2) is 5.78 Å². The molecule has 1 atom stereocenters. The van der Waals surface area contributed by atoms with E-state index in [1.54, 1.807) is 12.1 Å². The van der Waals surface area contributed by atoms with E-state index >= 15 is 0 Å². The average Bonchev–Trinajstić information content (AvgIpc) is 2.62. The first kappa shape index (κ1) is 19.0. The fourth-order valence-electron chi connectivity index (χ4n) is 4.50. The lowest BCUT2D eigenvalue weighted by Crippen LogP contribution is -2.24. The maximum Gasteiger partial charge on any atom is 0.167 e. The molecule has 1 heterocycles. The molecule has 0 radical (unpaired) electrons. The van der Waals surface area contributed by atoms with Crippen LogP contribution in [-0.2, 0) is 22.4 Å². The second kappa shape index (κ2) is 8.26. The first-order valence-corrected chi connectivity index (χ1v) is 9.91. The Balaban J connectivity index is 1.89. The van der Waals surface area contributed by atoms with E-state index < -0.39 is 0 Å². The van der Waals surface area contributed by atoms with Crippen molar-refractivity contribution in [3.05, 3.63) is 34.6 Å². The van der Waals surface area contributed by atoms with Crippen LogP contribution in [0.3, 0.4) is 0 Å². The zero-order chi connectivity index (χ0) is 18.7. The summed E-state index contributed by atoms with van der Waals surface area (Å²) in [7, 11) is 0. The number of carbonyl (C=O) groups excluding carboxylic acids is 1. The quantitative estimate of drug-likeness (QED) is 0.808. The number of carbonyl (C=O) groups is 1. The number of rotatable bonds is 5. The van der Waals surface area contributed by atoms with Crippen LogP contribution in [0.25, 0.3) is 5.57 Å². The van der Waals surface area contributed by atoms with Crippen LogP contribution in [-0.4, -0.2) is 29.2 Å². The third kappa shape index (κ3) is 3.96. The molecule has 1 fully saturated rings. The van der Waals surface area contributed by atoms with Crippen LogP contribution >= 0.6 is 0 Å². The van der Waals surface area contributed by atoms with Gasteiger partial charge in [-0.1, -0.05) is 13.8 Å². The molecule has 1 saturated heterocycles. The number of phenols is 1. The van der Waals surface area contributed by atoms with Crippen molar-refractivity contribution < 1.29 is 19.7 Å². The summed E-state index contributed by atoms with van der Waals surface area (Å²) >= 11 is 0. The van der Waals surface area contributed by atoms with Crippen molar-refractivity contribution in [2.45, 2.75) is 58.8 Å². The zero-order valence-electron chi connectivity index (χ0n) is 15.9. The maximum atomic E-state index is 13.0.